The highest BCUT2D eigenvalue weighted by molar-refractivity contribution is 5.94. The third-order valence-corrected chi connectivity index (χ3v) is 2.80. The first-order valence-electron chi connectivity index (χ1n) is 6.49. The van der Waals surface area contributed by atoms with Gasteiger partial charge in [-0.15, -0.1) is 0 Å². The quantitative estimate of drug-likeness (QED) is 0.621. The van der Waals surface area contributed by atoms with Gasteiger partial charge in [-0.1, -0.05) is 12.1 Å². The summed E-state index contributed by atoms with van der Waals surface area (Å²) in [5.74, 6) is -2.31. The predicted molar refractivity (Wildman–Crippen MR) is 78.5 cm³/mol. The molecule has 1 atom stereocenters. The molecule has 3 N–H and O–H groups in total. The van der Waals surface area contributed by atoms with E-state index in [4.69, 9.17) is 14.9 Å². The van der Waals surface area contributed by atoms with Crippen LogP contribution in [0.5, 0.6) is 5.75 Å². The van der Waals surface area contributed by atoms with Gasteiger partial charge in [-0.05, 0) is 30.2 Å². The second-order valence-electron chi connectivity index (χ2n) is 4.44. The van der Waals surface area contributed by atoms with E-state index in [0.717, 1.165) is 5.56 Å². The molecule has 0 heterocycles. The van der Waals surface area contributed by atoms with Gasteiger partial charge in [0.1, 0.15) is 11.8 Å². The summed E-state index contributed by atoms with van der Waals surface area (Å²) >= 11 is 0. The number of nitrogens with one attached hydrogen (secondary N) is 1. The number of benzene rings is 1. The molecule has 0 aliphatic heterocycles. The fourth-order valence-corrected chi connectivity index (χ4v) is 1.63. The van der Waals surface area contributed by atoms with Crippen LogP contribution in [0.25, 0.3) is 6.08 Å². The summed E-state index contributed by atoms with van der Waals surface area (Å²) in [6.07, 6.45) is 2.20. The van der Waals surface area contributed by atoms with E-state index >= 15 is 0 Å². The molecule has 1 aromatic carbocycles. The van der Waals surface area contributed by atoms with E-state index < -0.39 is 23.9 Å². The summed E-state index contributed by atoms with van der Waals surface area (Å²) < 4.78 is 5.00. The van der Waals surface area contributed by atoms with Gasteiger partial charge >= 0.3 is 11.9 Å². The molecule has 0 radical (unpaired) electrons. The molecule has 1 rings (SSSR count). The van der Waals surface area contributed by atoms with Crippen LogP contribution in [0.2, 0.25) is 0 Å². The van der Waals surface area contributed by atoms with Gasteiger partial charge in [-0.2, -0.15) is 0 Å². The molecule has 1 amide bonds. The van der Waals surface area contributed by atoms with Crippen molar-refractivity contribution in [3.63, 3.8) is 0 Å². The molecule has 0 bridgehead atoms. The zero-order valence-corrected chi connectivity index (χ0v) is 12.0. The number of carboxylic acids is 2. The molecule has 0 unspecified atom stereocenters. The number of hydrogen-bond donors (Lipinski definition) is 3. The first-order valence-corrected chi connectivity index (χ1v) is 6.49. The first kappa shape index (κ1) is 17.2. The Kier molecular flexibility index (Phi) is 6.62. The van der Waals surface area contributed by atoms with E-state index in [2.05, 4.69) is 5.32 Å². The van der Waals surface area contributed by atoms with Gasteiger partial charge < -0.3 is 20.3 Å². The Morgan fingerprint density at radius 2 is 1.86 bits per heavy atom. The van der Waals surface area contributed by atoms with Crippen LogP contribution in [-0.4, -0.2) is 41.2 Å². The highest BCUT2D eigenvalue weighted by Gasteiger charge is 2.19. The molecule has 0 spiro atoms. The van der Waals surface area contributed by atoms with Crippen molar-refractivity contribution in [2.24, 2.45) is 0 Å². The van der Waals surface area contributed by atoms with Crippen molar-refractivity contribution in [1.82, 2.24) is 5.32 Å². The summed E-state index contributed by atoms with van der Waals surface area (Å²) in [4.78, 5) is 33.1. The molecule has 0 fully saturated rings. The number of aliphatic carboxylic acids is 2. The Bertz CT molecular complexity index is 564. The molecule has 7 nitrogen and oxygen atoms in total. The van der Waals surface area contributed by atoms with Crippen LogP contribution in [-0.2, 0) is 14.4 Å². The summed E-state index contributed by atoms with van der Waals surface area (Å²) in [6, 6.07) is 5.70. The molecule has 1 aromatic rings. The molecule has 118 valence electrons. The van der Waals surface area contributed by atoms with Crippen LogP contribution >= 0.6 is 0 Å². The molecule has 0 aliphatic carbocycles. The van der Waals surface area contributed by atoms with Crippen molar-refractivity contribution in [2.45, 2.75) is 18.9 Å². The van der Waals surface area contributed by atoms with Crippen LogP contribution in [0, 0.1) is 0 Å². The predicted octanol–water partition coefficient (Wildman–Crippen LogP) is 1.14. The highest BCUT2D eigenvalue weighted by atomic mass is 16.5. The second-order valence-corrected chi connectivity index (χ2v) is 4.44. The van der Waals surface area contributed by atoms with E-state index in [9.17, 15) is 14.4 Å². The monoisotopic (exact) mass is 307 g/mol. The molecule has 0 aliphatic rings. The lowest BCUT2D eigenvalue weighted by atomic mass is 10.1. The van der Waals surface area contributed by atoms with Gasteiger partial charge in [0.05, 0.1) is 7.11 Å². The Labute approximate surface area is 127 Å². The number of methoxy groups -OCH3 is 1. The minimum atomic E-state index is -1.27. The van der Waals surface area contributed by atoms with Crippen molar-refractivity contribution >= 4 is 23.9 Å². The maximum absolute atomic E-state index is 11.7. The van der Waals surface area contributed by atoms with E-state index in [-0.39, 0.29) is 12.8 Å². The Morgan fingerprint density at radius 1 is 1.23 bits per heavy atom. The summed E-state index contributed by atoms with van der Waals surface area (Å²) in [7, 11) is 1.54. The fourth-order valence-electron chi connectivity index (χ4n) is 1.63. The normalized spacial score (nSPS) is 11.9. The number of carbonyl (C=O) groups is 3. The minimum absolute atomic E-state index is 0.174. The van der Waals surface area contributed by atoms with Gasteiger partial charge in [0.2, 0.25) is 5.91 Å². The first-order chi connectivity index (χ1) is 10.4. The van der Waals surface area contributed by atoms with Crippen molar-refractivity contribution in [3.05, 3.63) is 35.9 Å². The van der Waals surface area contributed by atoms with E-state index in [1.807, 2.05) is 0 Å². The minimum Gasteiger partial charge on any atom is -0.497 e. The molecule has 0 saturated heterocycles. The van der Waals surface area contributed by atoms with Crippen LogP contribution in [0.1, 0.15) is 18.4 Å². The van der Waals surface area contributed by atoms with Gasteiger partial charge in [0.25, 0.3) is 0 Å². The lowest BCUT2D eigenvalue weighted by molar-refractivity contribution is -0.142. The Morgan fingerprint density at radius 3 is 2.36 bits per heavy atom. The van der Waals surface area contributed by atoms with Crippen molar-refractivity contribution in [2.75, 3.05) is 7.11 Å². The van der Waals surface area contributed by atoms with E-state index in [1.165, 1.54) is 12.2 Å². The van der Waals surface area contributed by atoms with Crippen LogP contribution in [0.3, 0.4) is 0 Å². The SMILES string of the molecule is COc1ccc(/C=C/C(=O)N[C@@H](CCC(=O)O)C(=O)O)cc1. The second kappa shape index (κ2) is 8.46. The number of amides is 1. The Balaban J connectivity index is 2.59. The lowest BCUT2D eigenvalue weighted by Crippen LogP contribution is -2.40. The summed E-state index contributed by atoms with van der Waals surface area (Å²) in [6.45, 7) is 0. The zero-order chi connectivity index (χ0) is 16.5. The van der Waals surface area contributed by atoms with Gasteiger partial charge in [0.15, 0.2) is 0 Å². The maximum atomic E-state index is 11.7. The van der Waals surface area contributed by atoms with Crippen LogP contribution in [0.4, 0.5) is 0 Å². The number of rotatable bonds is 8. The Hall–Kier alpha value is -2.83. The van der Waals surface area contributed by atoms with Crippen molar-refractivity contribution in [3.8, 4) is 5.75 Å². The molecule has 7 heteroatoms. The lowest BCUT2D eigenvalue weighted by Gasteiger charge is -2.11. The molecule has 22 heavy (non-hydrogen) atoms. The third kappa shape index (κ3) is 6.08. The fraction of sp³-hybridized carbons (Fsp3) is 0.267. The highest BCUT2D eigenvalue weighted by Crippen LogP contribution is 2.12. The summed E-state index contributed by atoms with van der Waals surface area (Å²) in [5, 5.41) is 19.7. The average molecular weight is 307 g/mol. The number of carbonyl (C=O) groups excluding carboxylic acids is 1. The number of hydrogen-bond acceptors (Lipinski definition) is 4. The maximum Gasteiger partial charge on any atom is 0.326 e. The van der Waals surface area contributed by atoms with Gasteiger partial charge in [-0.25, -0.2) is 4.79 Å². The molecular weight excluding hydrogens is 290 g/mol. The summed E-state index contributed by atoms with van der Waals surface area (Å²) in [5.41, 5.74) is 0.744. The van der Waals surface area contributed by atoms with Crippen molar-refractivity contribution < 1.29 is 29.3 Å². The zero-order valence-electron chi connectivity index (χ0n) is 12.0. The van der Waals surface area contributed by atoms with E-state index in [1.54, 1.807) is 31.4 Å². The third-order valence-electron chi connectivity index (χ3n) is 2.80. The van der Waals surface area contributed by atoms with Crippen molar-refractivity contribution in [1.29, 1.82) is 0 Å². The largest absolute Gasteiger partial charge is 0.497 e. The average Bonchev–Trinajstić information content (AvgIpc) is 2.49. The number of carboxylic acid groups (broad SMARTS) is 2. The van der Waals surface area contributed by atoms with E-state index in [0.29, 0.717) is 5.75 Å². The van der Waals surface area contributed by atoms with Gasteiger partial charge in [0, 0.05) is 12.5 Å². The molecular formula is C15H17NO6. The standard InChI is InChI=1S/C15H17NO6/c1-22-11-5-2-10(3-6-11)4-8-13(17)16-12(15(20)21)7-9-14(18)19/h2-6,8,12H,7,9H2,1H3,(H,16,17)(H,18,19)(H,20,21)/b8-4+/t12-/m0/s1. The smallest absolute Gasteiger partial charge is 0.326 e. The van der Waals surface area contributed by atoms with Gasteiger partial charge in [-0.3, -0.25) is 9.59 Å². The topological polar surface area (TPSA) is 113 Å². The van der Waals surface area contributed by atoms with Crippen LogP contribution < -0.4 is 10.1 Å². The molecule has 0 aromatic heterocycles. The number of ether oxygens (including phenoxy) is 1. The molecule has 0 saturated carbocycles. The van der Waals surface area contributed by atoms with Crippen LogP contribution in [0.15, 0.2) is 30.3 Å².